The fourth-order valence-corrected chi connectivity index (χ4v) is 3.30. The summed E-state index contributed by atoms with van der Waals surface area (Å²) in [4.78, 5) is 36.5. The van der Waals surface area contributed by atoms with E-state index >= 15 is 0 Å². The van der Waals surface area contributed by atoms with Crippen molar-refractivity contribution in [3.05, 3.63) is 63.1 Å². The fourth-order valence-electron chi connectivity index (χ4n) is 3.04. The summed E-state index contributed by atoms with van der Waals surface area (Å²) in [5.41, 5.74) is 0.579. The van der Waals surface area contributed by atoms with Gasteiger partial charge in [-0.25, -0.2) is 0 Å². The van der Waals surface area contributed by atoms with Crippen molar-refractivity contribution in [1.82, 2.24) is 10.2 Å². The Morgan fingerprint density at radius 3 is 2.63 bits per heavy atom. The summed E-state index contributed by atoms with van der Waals surface area (Å²) in [5, 5.41) is 13.6. The number of nitrogens with zero attached hydrogens (tertiary/aromatic N) is 2. The van der Waals surface area contributed by atoms with Crippen molar-refractivity contribution in [1.29, 1.82) is 0 Å². The molecule has 0 aliphatic carbocycles. The second-order valence-corrected chi connectivity index (χ2v) is 6.79. The lowest BCUT2D eigenvalue weighted by Gasteiger charge is -2.31. The molecule has 0 atom stereocenters. The van der Waals surface area contributed by atoms with Gasteiger partial charge in [0.25, 0.3) is 17.5 Å². The van der Waals surface area contributed by atoms with Crippen molar-refractivity contribution in [2.24, 2.45) is 5.92 Å². The smallest absolute Gasteiger partial charge is 0.270 e. The number of nitrogens with one attached hydrogen (secondary N) is 1. The molecule has 2 amide bonds. The number of nitro groups is 1. The highest BCUT2D eigenvalue weighted by Gasteiger charge is 2.25. The molecule has 0 radical (unpaired) electrons. The highest BCUT2D eigenvalue weighted by molar-refractivity contribution is 6.34. The second kappa shape index (κ2) is 8.22. The topological polar surface area (TPSA) is 106 Å². The van der Waals surface area contributed by atoms with Gasteiger partial charge in [0.15, 0.2) is 0 Å². The minimum atomic E-state index is -0.563. The van der Waals surface area contributed by atoms with Gasteiger partial charge in [0.05, 0.1) is 27.3 Å². The average molecular weight is 392 g/mol. The molecule has 0 unspecified atom stereocenters. The number of hydrogen-bond acceptors (Lipinski definition) is 5. The number of likely N-dealkylation sites (tertiary alicyclic amines) is 1. The molecule has 1 aromatic carbocycles. The summed E-state index contributed by atoms with van der Waals surface area (Å²) in [6.45, 7) is 1.69. The fraction of sp³-hybridized carbons (Fsp3) is 0.333. The minimum Gasteiger partial charge on any atom is -0.472 e. The van der Waals surface area contributed by atoms with E-state index in [9.17, 15) is 19.7 Å². The van der Waals surface area contributed by atoms with Crippen LogP contribution < -0.4 is 5.32 Å². The normalized spacial score (nSPS) is 14.8. The molecule has 2 heterocycles. The zero-order chi connectivity index (χ0) is 19.4. The predicted molar refractivity (Wildman–Crippen MR) is 97.8 cm³/mol. The first-order chi connectivity index (χ1) is 13.0. The van der Waals surface area contributed by atoms with Crippen LogP contribution in [0.1, 0.15) is 33.6 Å². The quantitative estimate of drug-likeness (QED) is 0.622. The van der Waals surface area contributed by atoms with Crippen molar-refractivity contribution in [3.63, 3.8) is 0 Å². The standard InChI is InChI=1S/C18H18ClN3O5/c19-16-9-14(22(25)26)1-2-15(16)17(23)20-10-12-3-6-21(7-4-12)18(24)13-5-8-27-11-13/h1-2,5,8-9,11-12H,3-4,6-7,10H2,(H,20,23). The zero-order valence-corrected chi connectivity index (χ0v) is 15.1. The number of nitro benzene ring substituents is 1. The molecule has 1 aliphatic rings. The van der Waals surface area contributed by atoms with E-state index in [1.807, 2.05) is 0 Å². The number of amides is 2. The number of non-ortho nitro benzene ring substituents is 1. The van der Waals surface area contributed by atoms with Gasteiger partial charge in [-0.3, -0.25) is 19.7 Å². The largest absolute Gasteiger partial charge is 0.472 e. The minimum absolute atomic E-state index is 0.0437. The lowest BCUT2D eigenvalue weighted by Crippen LogP contribution is -2.41. The summed E-state index contributed by atoms with van der Waals surface area (Å²) in [7, 11) is 0. The Morgan fingerprint density at radius 1 is 1.30 bits per heavy atom. The number of hydrogen-bond donors (Lipinski definition) is 1. The summed E-state index contributed by atoms with van der Waals surface area (Å²) < 4.78 is 4.94. The molecule has 3 rings (SSSR count). The number of furan rings is 1. The third-order valence-corrected chi connectivity index (χ3v) is 4.94. The van der Waals surface area contributed by atoms with Crippen LogP contribution in [-0.4, -0.2) is 41.3 Å². The third-order valence-electron chi connectivity index (χ3n) is 4.63. The molecule has 0 bridgehead atoms. The van der Waals surface area contributed by atoms with Crippen LogP contribution in [0.15, 0.2) is 41.2 Å². The summed E-state index contributed by atoms with van der Waals surface area (Å²) in [6.07, 6.45) is 4.46. The zero-order valence-electron chi connectivity index (χ0n) is 14.4. The van der Waals surface area contributed by atoms with Crippen molar-refractivity contribution in [2.45, 2.75) is 12.8 Å². The van der Waals surface area contributed by atoms with Crippen molar-refractivity contribution in [2.75, 3.05) is 19.6 Å². The Hall–Kier alpha value is -2.87. The van der Waals surface area contributed by atoms with Crippen molar-refractivity contribution < 1.29 is 18.9 Å². The molecule has 2 aromatic rings. The molecule has 1 fully saturated rings. The maximum atomic E-state index is 12.3. The molecule has 9 heteroatoms. The molecule has 0 spiro atoms. The Balaban J connectivity index is 1.49. The molecule has 1 aliphatic heterocycles. The molecule has 1 saturated heterocycles. The molecule has 0 saturated carbocycles. The van der Waals surface area contributed by atoms with Crippen LogP contribution in [-0.2, 0) is 0 Å². The van der Waals surface area contributed by atoms with Crippen LogP contribution in [0, 0.1) is 16.0 Å². The number of halogens is 1. The van der Waals surface area contributed by atoms with Crippen LogP contribution in [0.25, 0.3) is 0 Å². The third kappa shape index (κ3) is 4.46. The number of carbonyl (C=O) groups excluding carboxylic acids is 2. The lowest BCUT2D eigenvalue weighted by atomic mass is 9.96. The lowest BCUT2D eigenvalue weighted by molar-refractivity contribution is -0.384. The van der Waals surface area contributed by atoms with Crippen LogP contribution in [0.4, 0.5) is 5.69 Å². The van der Waals surface area contributed by atoms with Gasteiger partial charge in [-0.2, -0.15) is 0 Å². The number of piperidine rings is 1. The van der Waals surface area contributed by atoms with E-state index in [0.29, 0.717) is 25.2 Å². The van der Waals surface area contributed by atoms with E-state index in [-0.39, 0.29) is 34.0 Å². The van der Waals surface area contributed by atoms with Crippen LogP contribution in [0.2, 0.25) is 5.02 Å². The average Bonchev–Trinajstić information content (AvgIpc) is 3.20. The van der Waals surface area contributed by atoms with E-state index in [1.165, 1.54) is 24.7 Å². The van der Waals surface area contributed by atoms with Crippen LogP contribution >= 0.6 is 11.6 Å². The molecule has 1 N–H and O–H groups in total. The van der Waals surface area contributed by atoms with Gasteiger partial charge >= 0.3 is 0 Å². The van der Waals surface area contributed by atoms with Gasteiger partial charge < -0.3 is 14.6 Å². The van der Waals surface area contributed by atoms with Crippen LogP contribution in [0.5, 0.6) is 0 Å². The molecule has 1 aromatic heterocycles. The Labute approximate surface area is 160 Å². The van der Waals surface area contributed by atoms with Gasteiger partial charge in [0.2, 0.25) is 0 Å². The van der Waals surface area contributed by atoms with Gasteiger partial charge in [0.1, 0.15) is 6.26 Å². The Kier molecular flexibility index (Phi) is 5.75. The maximum absolute atomic E-state index is 12.3. The van der Waals surface area contributed by atoms with E-state index in [4.69, 9.17) is 16.0 Å². The molecule has 8 nitrogen and oxygen atoms in total. The Morgan fingerprint density at radius 2 is 2.04 bits per heavy atom. The van der Waals surface area contributed by atoms with Gasteiger partial charge in [-0.1, -0.05) is 11.6 Å². The first-order valence-electron chi connectivity index (χ1n) is 8.49. The number of carbonyl (C=O) groups is 2. The van der Waals surface area contributed by atoms with Crippen LogP contribution in [0.3, 0.4) is 0 Å². The first-order valence-corrected chi connectivity index (χ1v) is 8.87. The number of benzene rings is 1. The SMILES string of the molecule is O=C(NCC1CCN(C(=O)c2ccoc2)CC1)c1ccc([N+](=O)[O-])cc1Cl. The van der Waals surface area contributed by atoms with Crippen molar-refractivity contribution >= 4 is 29.1 Å². The van der Waals surface area contributed by atoms with Gasteiger partial charge in [0, 0.05) is 31.8 Å². The van der Waals surface area contributed by atoms with Gasteiger partial charge in [-0.15, -0.1) is 0 Å². The van der Waals surface area contributed by atoms with E-state index in [1.54, 1.807) is 11.0 Å². The highest BCUT2D eigenvalue weighted by Crippen LogP contribution is 2.23. The molecule has 27 heavy (non-hydrogen) atoms. The Bertz CT molecular complexity index is 845. The van der Waals surface area contributed by atoms with Gasteiger partial charge in [-0.05, 0) is 30.9 Å². The molecular weight excluding hydrogens is 374 g/mol. The summed E-state index contributed by atoms with van der Waals surface area (Å²) in [5.74, 6) is -0.171. The molecule has 142 valence electrons. The van der Waals surface area contributed by atoms with Crippen molar-refractivity contribution in [3.8, 4) is 0 Å². The monoisotopic (exact) mass is 391 g/mol. The maximum Gasteiger partial charge on any atom is 0.270 e. The molecular formula is C18H18ClN3O5. The first kappa shape index (κ1) is 18.9. The van der Waals surface area contributed by atoms with E-state index < -0.39 is 4.92 Å². The van der Waals surface area contributed by atoms with E-state index in [2.05, 4.69) is 5.32 Å². The summed E-state index contributed by atoms with van der Waals surface area (Å²) >= 11 is 5.98. The summed E-state index contributed by atoms with van der Waals surface area (Å²) in [6, 6.07) is 5.40. The predicted octanol–water partition coefficient (Wildman–Crippen LogP) is 3.12. The number of rotatable bonds is 5. The van der Waals surface area contributed by atoms with E-state index in [0.717, 1.165) is 18.9 Å². The highest BCUT2D eigenvalue weighted by atomic mass is 35.5. The second-order valence-electron chi connectivity index (χ2n) is 6.38.